The third kappa shape index (κ3) is 9.28. The van der Waals surface area contributed by atoms with Gasteiger partial charge in [-0.15, -0.1) is 0 Å². The van der Waals surface area contributed by atoms with Gasteiger partial charge in [0, 0.05) is 19.0 Å². The van der Waals surface area contributed by atoms with Crippen molar-refractivity contribution >= 4 is 17.9 Å². The predicted molar refractivity (Wildman–Crippen MR) is 146 cm³/mol. The van der Waals surface area contributed by atoms with Gasteiger partial charge in [-0.25, -0.2) is 4.79 Å². The minimum absolute atomic E-state index is 0.0402. The number of phenols is 2. The van der Waals surface area contributed by atoms with E-state index in [1.165, 1.54) is 29.2 Å². The van der Waals surface area contributed by atoms with Gasteiger partial charge in [-0.3, -0.25) is 9.59 Å². The molecule has 0 radical (unpaired) electrons. The molecule has 0 aliphatic carbocycles. The maximum Gasteiger partial charge on any atom is 0.408 e. The molecule has 0 aromatic heterocycles. The molecule has 0 fully saturated rings. The lowest BCUT2D eigenvalue weighted by Gasteiger charge is -2.34. The molecule has 4 N–H and O–H groups in total. The summed E-state index contributed by atoms with van der Waals surface area (Å²) in [6.07, 6.45) is 1.02. The summed E-state index contributed by atoms with van der Waals surface area (Å²) in [4.78, 5) is 41.7. The van der Waals surface area contributed by atoms with Crippen LogP contribution in [0.15, 0.2) is 48.5 Å². The molecule has 0 heterocycles. The molecule has 2 aromatic rings. The molecule has 9 heteroatoms. The summed E-state index contributed by atoms with van der Waals surface area (Å²) < 4.78 is 5.41. The fourth-order valence-corrected chi connectivity index (χ4v) is 4.14. The van der Waals surface area contributed by atoms with Crippen molar-refractivity contribution in [2.75, 3.05) is 6.54 Å². The summed E-state index contributed by atoms with van der Waals surface area (Å²) in [5.74, 6) is -0.703. The van der Waals surface area contributed by atoms with Crippen LogP contribution in [-0.4, -0.2) is 57.3 Å². The molecule has 3 amide bonds. The minimum atomic E-state index is -1.05. The monoisotopic (exact) mass is 527 g/mol. The van der Waals surface area contributed by atoms with E-state index < -0.39 is 29.7 Å². The van der Waals surface area contributed by atoms with E-state index in [0.717, 1.165) is 12.8 Å². The number of aromatic hydroxyl groups is 2. The number of amides is 3. The van der Waals surface area contributed by atoms with Crippen molar-refractivity contribution in [2.24, 2.45) is 0 Å². The van der Waals surface area contributed by atoms with E-state index in [1.54, 1.807) is 52.0 Å². The second-order valence-electron chi connectivity index (χ2n) is 10.4. The first kappa shape index (κ1) is 30.5. The second kappa shape index (κ2) is 13.7. The number of alkyl carbamates (subject to hydrolysis) is 1. The second-order valence-corrected chi connectivity index (χ2v) is 10.4. The number of hydrogen-bond donors (Lipinski definition) is 4. The zero-order valence-electron chi connectivity index (χ0n) is 23.2. The van der Waals surface area contributed by atoms with Crippen LogP contribution < -0.4 is 10.6 Å². The molecular weight excluding hydrogens is 486 g/mol. The van der Waals surface area contributed by atoms with Crippen molar-refractivity contribution in [1.29, 1.82) is 0 Å². The fourth-order valence-electron chi connectivity index (χ4n) is 4.14. The maximum atomic E-state index is 14.0. The zero-order chi connectivity index (χ0) is 28.5. The Hall–Kier alpha value is -3.75. The average Bonchev–Trinajstić information content (AvgIpc) is 2.82. The Morgan fingerprint density at radius 2 is 1.47 bits per heavy atom. The molecule has 38 heavy (non-hydrogen) atoms. The van der Waals surface area contributed by atoms with Crippen molar-refractivity contribution in [1.82, 2.24) is 15.5 Å². The van der Waals surface area contributed by atoms with Gasteiger partial charge in [0.25, 0.3) is 0 Å². The van der Waals surface area contributed by atoms with Crippen LogP contribution in [0.1, 0.15) is 71.6 Å². The van der Waals surface area contributed by atoms with Crippen LogP contribution in [0.2, 0.25) is 0 Å². The quantitative estimate of drug-likeness (QED) is 0.342. The molecule has 0 aliphatic rings. The van der Waals surface area contributed by atoms with Gasteiger partial charge >= 0.3 is 6.09 Å². The highest BCUT2D eigenvalue weighted by atomic mass is 16.6. The van der Waals surface area contributed by atoms with Crippen molar-refractivity contribution in [3.05, 3.63) is 59.7 Å². The minimum Gasteiger partial charge on any atom is -0.508 e. The fraction of sp³-hybridized carbons (Fsp3) is 0.483. The number of likely N-dealkylation sites (N-methyl/N-ethyl adjacent to an activating group) is 1. The van der Waals surface area contributed by atoms with Crippen LogP contribution in [0.3, 0.4) is 0 Å². The van der Waals surface area contributed by atoms with Crippen molar-refractivity contribution in [2.45, 2.75) is 84.5 Å². The van der Waals surface area contributed by atoms with Crippen LogP contribution in [0.25, 0.3) is 0 Å². The first-order chi connectivity index (χ1) is 17.8. The summed E-state index contributed by atoms with van der Waals surface area (Å²) in [7, 11) is 0. The van der Waals surface area contributed by atoms with Crippen LogP contribution >= 0.6 is 0 Å². The summed E-state index contributed by atoms with van der Waals surface area (Å²) in [5, 5.41) is 25.1. The maximum absolute atomic E-state index is 14.0. The van der Waals surface area contributed by atoms with Gasteiger partial charge in [0.2, 0.25) is 11.8 Å². The summed E-state index contributed by atoms with van der Waals surface area (Å²) >= 11 is 0. The highest BCUT2D eigenvalue weighted by Gasteiger charge is 2.36. The van der Waals surface area contributed by atoms with Gasteiger partial charge in [-0.05, 0) is 76.4 Å². The summed E-state index contributed by atoms with van der Waals surface area (Å²) in [6, 6.07) is 10.4. The lowest BCUT2D eigenvalue weighted by atomic mass is 9.99. The van der Waals surface area contributed by atoms with Crippen molar-refractivity contribution in [3.63, 3.8) is 0 Å². The van der Waals surface area contributed by atoms with E-state index in [4.69, 9.17) is 4.74 Å². The number of nitrogens with one attached hydrogen (secondary N) is 2. The molecule has 3 atom stereocenters. The van der Waals surface area contributed by atoms with Gasteiger partial charge < -0.3 is 30.5 Å². The van der Waals surface area contributed by atoms with Crippen molar-refractivity contribution in [3.8, 4) is 11.5 Å². The van der Waals surface area contributed by atoms with Crippen LogP contribution in [0.4, 0.5) is 4.79 Å². The van der Waals surface area contributed by atoms with Crippen LogP contribution in [0.5, 0.6) is 11.5 Å². The molecule has 0 spiro atoms. The number of ether oxygens (including phenoxy) is 1. The number of hydrogen-bond acceptors (Lipinski definition) is 6. The van der Waals surface area contributed by atoms with E-state index >= 15 is 0 Å². The number of nitrogens with zero attached hydrogens (tertiary/aromatic N) is 1. The van der Waals surface area contributed by atoms with E-state index in [9.17, 15) is 24.6 Å². The number of carbonyl (C=O) groups is 3. The van der Waals surface area contributed by atoms with E-state index in [-0.39, 0.29) is 36.4 Å². The normalized spacial score (nSPS) is 13.6. The molecule has 0 bridgehead atoms. The first-order valence-electron chi connectivity index (χ1n) is 13.0. The highest BCUT2D eigenvalue weighted by molar-refractivity contribution is 5.92. The molecule has 3 unspecified atom stereocenters. The molecule has 0 saturated carbocycles. The number of benzene rings is 2. The summed E-state index contributed by atoms with van der Waals surface area (Å²) in [5.41, 5.74) is 0.458. The van der Waals surface area contributed by atoms with Gasteiger partial charge in [0.1, 0.15) is 29.2 Å². The SMILES string of the molecule is CCCC(C)NC(=O)C(c1ccc(O)cc1)N(CC)C(=O)C(Cc1ccc(O)cc1)NC(=O)OC(C)(C)C. The molecule has 9 nitrogen and oxygen atoms in total. The Labute approximate surface area is 225 Å². The first-order valence-corrected chi connectivity index (χ1v) is 13.0. The van der Waals surface area contributed by atoms with E-state index in [1.807, 2.05) is 13.8 Å². The van der Waals surface area contributed by atoms with Crippen molar-refractivity contribution < 1.29 is 29.3 Å². The molecule has 208 valence electrons. The van der Waals surface area contributed by atoms with Crippen LogP contribution in [0, 0.1) is 0 Å². The van der Waals surface area contributed by atoms with E-state index in [0.29, 0.717) is 11.1 Å². The number of phenolic OH excluding ortho intramolecular Hbond substituents is 2. The standard InChI is InChI=1S/C29H41N3O6/c1-7-9-19(3)30-26(35)25(21-12-16-23(34)17-13-21)32(8-2)27(36)24(31-28(37)38-29(4,5)6)18-20-10-14-22(33)15-11-20/h10-17,19,24-25,33-34H,7-9,18H2,1-6H3,(H,30,35)(H,31,37). The molecule has 0 saturated heterocycles. The largest absolute Gasteiger partial charge is 0.508 e. The highest BCUT2D eigenvalue weighted by Crippen LogP contribution is 2.25. The molecule has 2 aromatic carbocycles. The van der Waals surface area contributed by atoms with Gasteiger partial charge in [0.15, 0.2) is 0 Å². The zero-order valence-corrected chi connectivity index (χ0v) is 23.2. The smallest absolute Gasteiger partial charge is 0.408 e. The molecule has 2 rings (SSSR count). The Bertz CT molecular complexity index is 1060. The lowest BCUT2D eigenvalue weighted by molar-refractivity contribution is -0.142. The Balaban J connectivity index is 2.46. The third-order valence-electron chi connectivity index (χ3n) is 5.87. The number of rotatable bonds is 11. The molecular formula is C29H41N3O6. The summed E-state index contributed by atoms with van der Waals surface area (Å²) in [6.45, 7) is 11.1. The average molecular weight is 528 g/mol. The van der Waals surface area contributed by atoms with Gasteiger partial charge in [-0.1, -0.05) is 37.6 Å². The number of carbonyl (C=O) groups excluding carboxylic acids is 3. The van der Waals surface area contributed by atoms with Crippen LogP contribution in [-0.2, 0) is 20.7 Å². The Morgan fingerprint density at radius 1 is 0.921 bits per heavy atom. The topological polar surface area (TPSA) is 128 Å². The molecule has 0 aliphatic heterocycles. The predicted octanol–water partition coefficient (Wildman–Crippen LogP) is 4.43. The Morgan fingerprint density at radius 3 is 1.97 bits per heavy atom. The van der Waals surface area contributed by atoms with Gasteiger partial charge in [-0.2, -0.15) is 0 Å². The van der Waals surface area contributed by atoms with Gasteiger partial charge in [0.05, 0.1) is 0 Å². The Kier molecular flexibility index (Phi) is 11.0. The lowest BCUT2D eigenvalue weighted by Crippen LogP contribution is -2.54. The van der Waals surface area contributed by atoms with E-state index in [2.05, 4.69) is 10.6 Å². The third-order valence-corrected chi connectivity index (χ3v) is 5.87.